The summed E-state index contributed by atoms with van der Waals surface area (Å²) in [5.41, 5.74) is 8.18. The average molecular weight is 260 g/mol. The highest BCUT2D eigenvalue weighted by atomic mass is 16.2. The van der Waals surface area contributed by atoms with Crippen LogP contribution in [0.15, 0.2) is 24.3 Å². The number of amides is 1. The minimum Gasteiger partial charge on any atom is -0.328 e. The Labute approximate surface area is 115 Å². The first kappa shape index (κ1) is 14.1. The van der Waals surface area contributed by atoms with Crippen LogP contribution >= 0.6 is 0 Å². The second kappa shape index (κ2) is 6.71. The molecule has 1 aromatic carbocycles. The SMILES string of the molecule is CC(N)CCCCN1C(=O)CCCc2ccccc21. The fourth-order valence-corrected chi connectivity index (χ4v) is 2.67. The van der Waals surface area contributed by atoms with E-state index in [2.05, 4.69) is 18.2 Å². The Morgan fingerprint density at radius 3 is 2.84 bits per heavy atom. The number of hydrogen-bond donors (Lipinski definition) is 1. The molecule has 0 radical (unpaired) electrons. The van der Waals surface area contributed by atoms with Gasteiger partial charge in [-0.15, -0.1) is 0 Å². The van der Waals surface area contributed by atoms with E-state index >= 15 is 0 Å². The molecule has 19 heavy (non-hydrogen) atoms. The highest BCUT2D eigenvalue weighted by molar-refractivity contribution is 5.94. The Kier molecular flexibility index (Phi) is 4.97. The molecule has 1 aliphatic rings. The summed E-state index contributed by atoms with van der Waals surface area (Å²) in [6, 6.07) is 8.55. The van der Waals surface area contributed by atoms with Crippen molar-refractivity contribution in [3.05, 3.63) is 29.8 Å². The maximum Gasteiger partial charge on any atom is 0.226 e. The Hall–Kier alpha value is -1.35. The number of carbonyl (C=O) groups is 1. The summed E-state index contributed by atoms with van der Waals surface area (Å²) in [7, 11) is 0. The van der Waals surface area contributed by atoms with Crippen LogP contribution in [0.5, 0.6) is 0 Å². The van der Waals surface area contributed by atoms with Crippen molar-refractivity contribution in [3.8, 4) is 0 Å². The van der Waals surface area contributed by atoms with Crippen LogP contribution in [0.1, 0.15) is 44.6 Å². The molecule has 0 aromatic heterocycles. The van der Waals surface area contributed by atoms with E-state index in [0.717, 1.165) is 44.3 Å². The molecule has 0 spiro atoms. The molecule has 1 unspecified atom stereocenters. The molecule has 1 aromatic rings. The fourth-order valence-electron chi connectivity index (χ4n) is 2.67. The Bertz CT molecular complexity index is 429. The standard InChI is InChI=1S/C16H24N2O/c1-13(17)7-4-5-12-18-15-10-3-2-8-14(15)9-6-11-16(18)19/h2-3,8,10,13H,4-7,9,11-12,17H2,1H3. The summed E-state index contributed by atoms with van der Waals surface area (Å²) in [6.45, 7) is 2.86. The Morgan fingerprint density at radius 1 is 1.26 bits per heavy atom. The lowest BCUT2D eigenvalue weighted by Gasteiger charge is -2.23. The molecule has 1 aliphatic heterocycles. The zero-order chi connectivity index (χ0) is 13.7. The maximum atomic E-state index is 12.2. The van der Waals surface area contributed by atoms with Gasteiger partial charge in [0.05, 0.1) is 0 Å². The number of nitrogens with two attached hydrogens (primary N) is 1. The quantitative estimate of drug-likeness (QED) is 0.827. The monoisotopic (exact) mass is 260 g/mol. The van der Waals surface area contributed by atoms with Crippen LogP contribution in [-0.2, 0) is 11.2 Å². The highest BCUT2D eigenvalue weighted by Crippen LogP contribution is 2.27. The highest BCUT2D eigenvalue weighted by Gasteiger charge is 2.21. The average Bonchev–Trinajstić information content (AvgIpc) is 2.54. The van der Waals surface area contributed by atoms with E-state index in [9.17, 15) is 4.79 Å². The van der Waals surface area contributed by atoms with Crippen molar-refractivity contribution in [2.75, 3.05) is 11.4 Å². The summed E-state index contributed by atoms with van der Waals surface area (Å²) in [4.78, 5) is 14.2. The van der Waals surface area contributed by atoms with Gasteiger partial charge in [0, 0.05) is 24.7 Å². The molecule has 0 saturated carbocycles. The fraction of sp³-hybridized carbons (Fsp3) is 0.562. The van der Waals surface area contributed by atoms with Gasteiger partial charge >= 0.3 is 0 Å². The third-order valence-electron chi connectivity index (χ3n) is 3.71. The number of rotatable bonds is 5. The van der Waals surface area contributed by atoms with Crippen LogP contribution < -0.4 is 10.6 Å². The second-order valence-electron chi connectivity index (χ2n) is 5.50. The van der Waals surface area contributed by atoms with Crippen LogP contribution in [-0.4, -0.2) is 18.5 Å². The summed E-state index contributed by atoms with van der Waals surface area (Å²) in [5, 5.41) is 0. The number of para-hydroxylation sites is 1. The molecule has 0 aliphatic carbocycles. The molecule has 1 heterocycles. The zero-order valence-corrected chi connectivity index (χ0v) is 11.8. The molecule has 0 fully saturated rings. The summed E-state index contributed by atoms with van der Waals surface area (Å²) in [6.07, 6.45) is 5.79. The zero-order valence-electron chi connectivity index (χ0n) is 11.8. The lowest BCUT2D eigenvalue weighted by Crippen LogP contribution is -2.31. The molecule has 0 saturated heterocycles. The lowest BCUT2D eigenvalue weighted by atomic mass is 10.1. The first-order valence-electron chi connectivity index (χ1n) is 7.32. The van der Waals surface area contributed by atoms with Gasteiger partial charge < -0.3 is 10.6 Å². The first-order valence-corrected chi connectivity index (χ1v) is 7.32. The molecule has 2 N–H and O–H groups in total. The maximum absolute atomic E-state index is 12.2. The van der Waals surface area contributed by atoms with Gasteiger partial charge in [0.25, 0.3) is 0 Å². The minimum atomic E-state index is 0.257. The molecule has 3 nitrogen and oxygen atoms in total. The van der Waals surface area contributed by atoms with Crippen molar-refractivity contribution < 1.29 is 4.79 Å². The molecular formula is C16H24N2O. The smallest absolute Gasteiger partial charge is 0.226 e. The van der Waals surface area contributed by atoms with Crippen LogP contribution in [0.25, 0.3) is 0 Å². The van der Waals surface area contributed by atoms with Gasteiger partial charge in [-0.2, -0.15) is 0 Å². The van der Waals surface area contributed by atoms with Gasteiger partial charge in [-0.3, -0.25) is 4.79 Å². The Morgan fingerprint density at radius 2 is 2.05 bits per heavy atom. The lowest BCUT2D eigenvalue weighted by molar-refractivity contribution is -0.118. The van der Waals surface area contributed by atoms with Gasteiger partial charge in [0.2, 0.25) is 5.91 Å². The number of hydrogen-bond acceptors (Lipinski definition) is 2. The van der Waals surface area contributed by atoms with Gasteiger partial charge in [0.15, 0.2) is 0 Å². The van der Waals surface area contributed by atoms with E-state index in [1.807, 2.05) is 17.9 Å². The van der Waals surface area contributed by atoms with E-state index in [0.29, 0.717) is 6.42 Å². The van der Waals surface area contributed by atoms with E-state index in [-0.39, 0.29) is 11.9 Å². The van der Waals surface area contributed by atoms with Crippen molar-refractivity contribution in [2.24, 2.45) is 5.73 Å². The third-order valence-corrected chi connectivity index (χ3v) is 3.71. The Balaban J connectivity index is 2.02. The second-order valence-corrected chi connectivity index (χ2v) is 5.50. The van der Waals surface area contributed by atoms with Crippen molar-refractivity contribution in [2.45, 2.75) is 51.5 Å². The van der Waals surface area contributed by atoms with Crippen LogP contribution in [0.4, 0.5) is 5.69 Å². The molecular weight excluding hydrogens is 236 g/mol. The summed E-state index contributed by atoms with van der Waals surface area (Å²) in [5.74, 6) is 0.269. The van der Waals surface area contributed by atoms with E-state index < -0.39 is 0 Å². The predicted octanol–water partition coefficient (Wildman–Crippen LogP) is 2.87. The van der Waals surface area contributed by atoms with Gasteiger partial charge in [-0.05, 0) is 44.2 Å². The van der Waals surface area contributed by atoms with E-state index in [1.165, 1.54) is 5.56 Å². The number of fused-ring (bicyclic) bond motifs is 1. The number of aryl methyl sites for hydroxylation is 1. The van der Waals surface area contributed by atoms with Gasteiger partial charge in [0.1, 0.15) is 0 Å². The largest absolute Gasteiger partial charge is 0.328 e. The molecule has 3 heteroatoms. The van der Waals surface area contributed by atoms with E-state index in [1.54, 1.807) is 0 Å². The topological polar surface area (TPSA) is 46.3 Å². The van der Waals surface area contributed by atoms with Crippen molar-refractivity contribution in [1.29, 1.82) is 0 Å². The number of benzene rings is 1. The minimum absolute atomic E-state index is 0.257. The molecule has 1 amide bonds. The van der Waals surface area contributed by atoms with Gasteiger partial charge in [-0.25, -0.2) is 0 Å². The van der Waals surface area contributed by atoms with Crippen LogP contribution in [0.3, 0.4) is 0 Å². The molecule has 0 bridgehead atoms. The van der Waals surface area contributed by atoms with E-state index in [4.69, 9.17) is 5.73 Å². The van der Waals surface area contributed by atoms with Gasteiger partial charge in [-0.1, -0.05) is 24.6 Å². The molecule has 2 rings (SSSR count). The number of unbranched alkanes of at least 4 members (excludes halogenated alkanes) is 1. The summed E-state index contributed by atoms with van der Waals surface area (Å²) >= 11 is 0. The third kappa shape index (κ3) is 3.80. The molecule has 1 atom stereocenters. The van der Waals surface area contributed by atoms with Crippen molar-refractivity contribution in [3.63, 3.8) is 0 Å². The first-order chi connectivity index (χ1) is 9.18. The molecule has 104 valence electrons. The normalized spacial score (nSPS) is 16.9. The van der Waals surface area contributed by atoms with Crippen LogP contribution in [0.2, 0.25) is 0 Å². The number of carbonyl (C=O) groups excluding carboxylic acids is 1. The predicted molar refractivity (Wildman–Crippen MR) is 79.2 cm³/mol. The number of anilines is 1. The van der Waals surface area contributed by atoms with Crippen molar-refractivity contribution >= 4 is 11.6 Å². The van der Waals surface area contributed by atoms with Crippen LogP contribution in [0, 0.1) is 0 Å². The summed E-state index contributed by atoms with van der Waals surface area (Å²) < 4.78 is 0. The number of nitrogens with zero attached hydrogens (tertiary/aromatic N) is 1. The van der Waals surface area contributed by atoms with Crippen molar-refractivity contribution in [1.82, 2.24) is 0 Å².